The molecule has 0 aromatic rings. The molecule has 2 aliphatic rings. The van der Waals surface area contributed by atoms with Crippen molar-refractivity contribution in [3.8, 4) is 0 Å². The number of imide groups is 2. The van der Waals surface area contributed by atoms with Crippen molar-refractivity contribution in [3.63, 3.8) is 0 Å². The Kier molecular flexibility index (Phi) is 12.8. The molecule has 0 radical (unpaired) electrons. The van der Waals surface area contributed by atoms with Crippen molar-refractivity contribution < 1.29 is 43.2 Å². The summed E-state index contributed by atoms with van der Waals surface area (Å²) in [6.07, 6.45) is 0.548. The smallest absolute Gasteiger partial charge is 0.239 e. The van der Waals surface area contributed by atoms with E-state index in [1.165, 1.54) is 0 Å². The zero-order valence-electron chi connectivity index (χ0n) is 23.2. The number of likely N-dealkylation sites (tertiary alicyclic amines) is 2. The van der Waals surface area contributed by atoms with Crippen LogP contribution in [0.2, 0.25) is 0 Å². The monoisotopic (exact) mass is 579 g/mol. The summed E-state index contributed by atoms with van der Waals surface area (Å²) in [5.74, 6) is -4.43. The van der Waals surface area contributed by atoms with Crippen molar-refractivity contribution in [2.75, 3.05) is 45.8 Å². The topological polar surface area (TPSA) is 220 Å². The number of nitrogens with one attached hydrogen (secondary N) is 5. The fraction of sp³-hybridized carbons (Fsp3) is 0.640. The number of hydrogen-bond acceptors (Lipinski definition) is 9. The molecule has 0 spiro atoms. The number of nitrogens with zero attached hydrogens (tertiary/aromatic N) is 2. The molecule has 5 N–H and O–H groups in total. The van der Waals surface area contributed by atoms with Crippen molar-refractivity contribution >= 4 is 53.2 Å². The van der Waals surface area contributed by atoms with Crippen LogP contribution < -0.4 is 26.6 Å². The molecule has 2 fully saturated rings. The number of carbonyl (C=O) groups is 9. The summed E-state index contributed by atoms with van der Waals surface area (Å²) in [5, 5.41) is 12.0. The first kappa shape index (κ1) is 32.8. The molecule has 2 aliphatic heterocycles. The lowest BCUT2D eigenvalue weighted by Gasteiger charge is -2.14. The van der Waals surface area contributed by atoms with Crippen LogP contribution in [0.1, 0.15) is 46.0 Å². The van der Waals surface area contributed by atoms with Crippen molar-refractivity contribution in [2.24, 2.45) is 11.8 Å². The van der Waals surface area contributed by atoms with Crippen LogP contribution in [0.5, 0.6) is 0 Å². The first-order valence-electron chi connectivity index (χ1n) is 13.4. The highest BCUT2D eigenvalue weighted by Gasteiger charge is 2.35. The fourth-order valence-corrected chi connectivity index (χ4v) is 4.09. The predicted octanol–water partition coefficient (Wildman–Crippen LogP) is -3.47. The molecule has 16 heteroatoms. The normalized spacial score (nSPS) is 18.4. The highest BCUT2D eigenvalue weighted by atomic mass is 16.2. The van der Waals surface area contributed by atoms with Crippen LogP contribution in [-0.2, 0) is 43.2 Å². The Morgan fingerprint density at radius 2 is 1.00 bits per heavy atom. The van der Waals surface area contributed by atoms with Crippen LogP contribution in [-0.4, -0.2) is 109 Å². The number of hydrogen-bond donors (Lipinski definition) is 5. The summed E-state index contributed by atoms with van der Waals surface area (Å²) < 4.78 is 0. The molecule has 0 aromatic carbocycles. The summed E-state index contributed by atoms with van der Waals surface area (Å²) in [5.41, 5.74) is 0. The third kappa shape index (κ3) is 11.0. The molecule has 9 amide bonds. The van der Waals surface area contributed by atoms with Gasteiger partial charge < -0.3 is 26.6 Å². The Morgan fingerprint density at radius 3 is 1.49 bits per heavy atom. The third-order valence-electron chi connectivity index (χ3n) is 6.39. The molecule has 41 heavy (non-hydrogen) atoms. The van der Waals surface area contributed by atoms with Gasteiger partial charge in [0.25, 0.3) is 0 Å². The van der Waals surface area contributed by atoms with E-state index in [1.54, 1.807) is 13.8 Å². The SMILES string of the molecule is CC1CC(=O)N(CCCC(=O)NCC(=O)NCC(=O)NCC(=O)NCCC(=O)NCCN2C(=O)CC(C)C2=O)C1=O. The predicted molar refractivity (Wildman–Crippen MR) is 140 cm³/mol. The van der Waals surface area contributed by atoms with Crippen molar-refractivity contribution in [1.29, 1.82) is 0 Å². The molecule has 0 aromatic heterocycles. The number of amides is 9. The zero-order chi connectivity index (χ0) is 30.5. The quantitative estimate of drug-likeness (QED) is 0.114. The molecule has 2 atom stereocenters. The molecule has 2 unspecified atom stereocenters. The Hall–Kier alpha value is -4.37. The summed E-state index contributed by atoms with van der Waals surface area (Å²) >= 11 is 0. The molecule has 2 heterocycles. The van der Waals surface area contributed by atoms with Gasteiger partial charge in [0, 0.05) is 63.7 Å². The Morgan fingerprint density at radius 1 is 0.585 bits per heavy atom. The molecule has 16 nitrogen and oxygen atoms in total. The highest BCUT2D eigenvalue weighted by molar-refractivity contribution is 6.04. The Bertz CT molecular complexity index is 1080. The van der Waals surface area contributed by atoms with Gasteiger partial charge in [0.1, 0.15) is 0 Å². The molecular formula is C25H37N7O9. The second-order valence-electron chi connectivity index (χ2n) is 9.86. The molecule has 0 aliphatic carbocycles. The molecular weight excluding hydrogens is 542 g/mol. The van der Waals surface area contributed by atoms with E-state index in [1.807, 2.05) is 0 Å². The van der Waals surface area contributed by atoms with Gasteiger partial charge in [-0.25, -0.2) is 0 Å². The van der Waals surface area contributed by atoms with E-state index < -0.39 is 30.2 Å². The lowest BCUT2D eigenvalue weighted by Crippen LogP contribution is -2.44. The van der Waals surface area contributed by atoms with E-state index in [4.69, 9.17) is 0 Å². The van der Waals surface area contributed by atoms with E-state index in [9.17, 15) is 43.2 Å². The van der Waals surface area contributed by atoms with E-state index in [0.29, 0.717) is 0 Å². The largest absolute Gasteiger partial charge is 0.354 e. The third-order valence-corrected chi connectivity index (χ3v) is 6.39. The molecule has 0 saturated carbocycles. The van der Waals surface area contributed by atoms with Gasteiger partial charge in [0.15, 0.2) is 0 Å². The van der Waals surface area contributed by atoms with Crippen LogP contribution >= 0.6 is 0 Å². The van der Waals surface area contributed by atoms with E-state index >= 15 is 0 Å². The van der Waals surface area contributed by atoms with Crippen LogP contribution in [0.3, 0.4) is 0 Å². The fourth-order valence-electron chi connectivity index (χ4n) is 4.09. The maximum Gasteiger partial charge on any atom is 0.239 e. The highest BCUT2D eigenvalue weighted by Crippen LogP contribution is 2.19. The van der Waals surface area contributed by atoms with Crippen molar-refractivity contribution in [3.05, 3.63) is 0 Å². The average molecular weight is 580 g/mol. The van der Waals surface area contributed by atoms with Crippen molar-refractivity contribution in [1.82, 2.24) is 36.4 Å². The van der Waals surface area contributed by atoms with E-state index in [2.05, 4.69) is 26.6 Å². The lowest BCUT2D eigenvalue weighted by molar-refractivity contribution is -0.140. The molecule has 2 saturated heterocycles. The maximum absolute atomic E-state index is 11.9. The second-order valence-corrected chi connectivity index (χ2v) is 9.86. The number of carbonyl (C=O) groups excluding carboxylic acids is 9. The molecule has 0 bridgehead atoms. The van der Waals surface area contributed by atoms with Gasteiger partial charge in [0.2, 0.25) is 53.2 Å². The Labute approximate surface area is 236 Å². The lowest BCUT2D eigenvalue weighted by atomic mass is 10.1. The summed E-state index contributed by atoms with van der Waals surface area (Å²) in [6.45, 7) is 2.46. The minimum Gasteiger partial charge on any atom is -0.354 e. The van der Waals surface area contributed by atoms with Gasteiger partial charge in [-0.1, -0.05) is 13.8 Å². The second kappa shape index (κ2) is 16.0. The van der Waals surface area contributed by atoms with Crippen molar-refractivity contribution in [2.45, 2.75) is 46.0 Å². The molecule has 2 rings (SSSR count). The van der Waals surface area contributed by atoms with Gasteiger partial charge >= 0.3 is 0 Å². The summed E-state index contributed by atoms with van der Waals surface area (Å²) in [4.78, 5) is 109. The van der Waals surface area contributed by atoms with Crippen LogP contribution in [0.15, 0.2) is 0 Å². The van der Waals surface area contributed by atoms with Gasteiger partial charge in [0.05, 0.1) is 19.6 Å². The van der Waals surface area contributed by atoms with Crippen LogP contribution in [0.25, 0.3) is 0 Å². The Balaban J connectivity index is 1.47. The van der Waals surface area contributed by atoms with Gasteiger partial charge in [-0.2, -0.15) is 0 Å². The van der Waals surface area contributed by atoms with Gasteiger partial charge in [-0.3, -0.25) is 53.0 Å². The van der Waals surface area contributed by atoms with E-state index in [0.717, 1.165) is 9.80 Å². The maximum atomic E-state index is 11.9. The average Bonchev–Trinajstić information content (AvgIpc) is 3.31. The van der Waals surface area contributed by atoms with Crippen LogP contribution in [0, 0.1) is 11.8 Å². The standard InChI is InChI=1S/C25H37N7O9/c1-15-10-22(38)31(24(15)40)8-3-4-17(33)28-13-20(36)30-14-21(37)29-12-19(35)26-6-5-18(34)27-7-9-32-23(39)11-16(2)25(32)41/h15-16H,3-14H2,1-2H3,(H,26,35)(H,27,34)(H,28,33)(H,29,37)(H,30,36). The minimum atomic E-state index is -0.646. The van der Waals surface area contributed by atoms with Gasteiger partial charge in [-0.15, -0.1) is 0 Å². The first-order valence-corrected chi connectivity index (χ1v) is 13.4. The zero-order valence-corrected chi connectivity index (χ0v) is 23.2. The van der Waals surface area contributed by atoms with E-state index in [-0.39, 0.29) is 113 Å². The van der Waals surface area contributed by atoms with Crippen LogP contribution in [0.4, 0.5) is 0 Å². The first-order chi connectivity index (χ1) is 19.4. The molecule has 226 valence electrons. The van der Waals surface area contributed by atoms with Gasteiger partial charge in [-0.05, 0) is 6.42 Å². The summed E-state index contributed by atoms with van der Waals surface area (Å²) in [7, 11) is 0. The summed E-state index contributed by atoms with van der Waals surface area (Å²) in [6, 6.07) is 0. The number of rotatable bonds is 16. The minimum absolute atomic E-state index is 0.000645.